The Bertz CT molecular complexity index is 1040. The zero-order chi connectivity index (χ0) is 17.4. The Hall–Kier alpha value is -3.15. The zero-order valence-corrected chi connectivity index (χ0v) is 13.7. The Morgan fingerprint density at radius 2 is 2.00 bits per heavy atom. The molecular weight excluding hydrogens is 319 g/mol. The lowest BCUT2D eigenvalue weighted by Gasteiger charge is -2.22. The zero-order valence-electron chi connectivity index (χ0n) is 13.7. The van der Waals surface area contributed by atoms with Crippen LogP contribution >= 0.6 is 0 Å². The quantitative estimate of drug-likeness (QED) is 0.772. The van der Waals surface area contributed by atoms with Crippen molar-refractivity contribution in [1.29, 1.82) is 0 Å². The van der Waals surface area contributed by atoms with Crippen molar-refractivity contribution in [3.8, 4) is 0 Å². The first-order valence-electron chi connectivity index (χ1n) is 8.06. The third-order valence-corrected chi connectivity index (χ3v) is 4.46. The molecular formula is C19H17FN4O. The highest BCUT2D eigenvalue weighted by Gasteiger charge is 2.18. The van der Waals surface area contributed by atoms with Crippen molar-refractivity contribution in [3.05, 3.63) is 81.8 Å². The molecule has 0 saturated carbocycles. The van der Waals surface area contributed by atoms with E-state index in [1.54, 1.807) is 12.1 Å². The van der Waals surface area contributed by atoms with Crippen molar-refractivity contribution in [2.75, 3.05) is 11.6 Å². The lowest BCUT2D eigenvalue weighted by molar-refractivity contribution is 0.626. The molecule has 1 aromatic heterocycles. The van der Waals surface area contributed by atoms with E-state index in [2.05, 4.69) is 15.5 Å². The maximum absolute atomic E-state index is 13.8. The Balaban J connectivity index is 1.81. The van der Waals surface area contributed by atoms with E-state index in [1.807, 2.05) is 36.2 Å². The first kappa shape index (κ1) is 15.4. The number of anilines is 1. The lowest BCUT2D eigenvalue weighted by Crippen LogP contribution is -2.23. The van der Waals surface area contributed by atoms with Crippen LogP contribution in [0.15, 0.2) is 59.2 Å². The first-order valence-corrected chi connectivity index (χ1v) is 8.06. The van der Waals surface area contributed by atoms with E-state index in [1.165, 1.54) is 12.1 Å². The van der Waals surface area contributed by atoms with E-state index >= 15 is 0 Å². The molecule has 0 amide bonds. The minimum Gasteiger partial charge on any atom is -0.372 e. The maximum Gasteiger partial charge on any atom is 0.272 e. The molecule has 0 bridgehead atoms. The molecule has 0 saturated heterocycles. The maximum atomic E-state index is 13.8. The molecule has 2 heterocycles. The summed E-state index contributed by atoms with van der Waals surface area (Å²) in [5, 5.41) is 11.4. The second kappa shape index (κ2) is 6.05. The van der Waals surface area contributed by atoms with Crippen LogP contribution in [-0.2, 0) is 6.42 Å². The average molecular weight is 336 g/mol. The van der Waals surface area contributed by atoms with Gasteiger partial charge in [-0.3, -0.25) is 4.79 Å². The summed E-state index contributed by atoms with van der Waals surface area (Å²) in [5.41, 5.74) is 3.32. The number of aromatic amines is 1. The first-order chi connectivity index (χ1) is 12.1. The molecule has 3 aromatic rings. The van der Waals surface area contributed by atoms with E-state index in [0.29, 0.717) is 18.5 Å². The predicted octanol–water partition coefficient (Wildman–Crippen LogP) is 2.88. The summed E-state index contributed by atoms with van der Waals surface area (Å²) in [7, 11) is 0. The molecule has 2 aromatic carbocycles. The topological polar surface area (TPSA) is 61.0 Å². The van der Waals surface area contributed by atoms with Crippen molar-refractivity contribution in [2.45, 2.75) is 13.3 Å². The highest BCUT2D eigenvalue weighted by atomic mass is 19.1. The number of H-pyrrole nitrogens is 1. The van der Waals surface area contributed by atoms with Gasteiger partial charge in [-0.1, -0.05) is 24.3 Å². The summed E-state index contributed by atoms with van der Waals surface area (Å²) in [5.74, 6) is -0.280. The number of hydrogen-bond donors (Lipinski definition) is 2. The summed E-state index contributed by atoms with van der Waals surface area (Å²) in [6.07, 6.45) is 2.40. The van der Waals surface area contributed by atoms with Gasteiger partial charge >= 0.3 is 0 Å². The molecule has 25 heavy (non-hydrogen) atoms. The number of rotatable bonds is 3. The molecule has 0 radical (unpaired) electrons. The number of halogens is 1. The molecule has 0 atom stereocenters. The molecule has 6 heteroatoms. The number of aromatic nitrogens is 2. The van der Waals surface area contributed by atoms with Gasteiger partial charge in [-0.25, -0.2) is 9.49 Å². The van der Waals surface area contributed by atoms with E-state index in [9.17, 15) is 9.18 Å². The summed E-state index contributed by atoms with van der Waals surface area (Å²) in [6, 6.07) is 12.1. The minimum absolute atomic E-state index is 0.207. The van der Waals surface area contributed by atoms with Crippen LogP contribution in [0.3, 0.4) is 0 Å². The Morgan fingerprint density at radius 3 is 2.76 bits per heavy atom. The number of hydrogen-bond acceptors (Lipinski definition) is 4. The predicted molar refractivity (Wildman–Crippen MR) is 95.8 cm³/mol. The van der Waals surface area contributed by atoms with E-state index in [-0.39, 0.29) is 11.4 Å². The molecule has 5 nitrogen and oxygen atoms in total. The second-order valence-electron chi connectivity index (χ2n) is 6.07. The van der Waals surface area contributed by atoms with Crippen molar-refractivity contribution < 1.29 is 4.39 Å². The average Bonchev–Trinajstić information content (AvgIpc) is 3.05. The van der Waals surface area contributed by atoms with Gasteiger partial charge in [0.05, 0.1) is 17.7 Å². The standard InChI is InChI=1S/C19H17FN4O/c1-12-10-21-11-24(12)18-9-14(20)7-6-13(18)8-17-15-4-2-3-5-16(15)19(25)23-22-17/h2-7,9-10,21H,8,11H2,1H3,(H,23,25). The summed E-state index contributed by atoms with van der Waals surface area (Å²) in [6.45, 7) is 2.57. The summed E-state index contributed by atoms with van der Waals surface area (Å²) >= 11 is 0. The van der Waals surface area contributed by atoms with Crippen LogP contribution in [-0.4, -0.2) is 16.9 Å². The highest BCUT2D eigenvalue weighted by molar-refractivity contribution is 5.83. The third-order valence-electron chi connectivity index (χ3n) is 4.46. The van der Waals surface area contributed by atoms with Gasteiger partial charge in [-0.2, -0.15) is 5.10 Å². The van der Waals surface area contributed by atoms with Gasteiger partial charge in [0.25, 0.3) is 5.56 Å². The molecule has 0 unspecified atom stereocenters. The van der Waals surface area contributed by atoms with E-state index < -0.39 is 0 Å². The fraction of sp³-hybridized carbons (Fsp3) is 0.158. The number of fused-ring (bicyclic) bond motifs is 1. The number of allylic oxidation sites excluding steroid dienone is 1. The molecule has 0 spiro atoms. The highest BCUT2D eigenvalue weighted by Crippen LogP contribution is 2.29. The molecule has 1 aliphatic heterocycles. The van der Waals surface area contributed by atoms with E-state index in [0.717, 1.165) is 28.0 Å². The van der Waals surface area contributed by atoms with Crippen LogP contribution in [0.1, 0.15) is 18.2 Å². The molecule has 2 N–H and O–H groups in total. The Morgan fingerprint density at radius 1 is 1.20 bits per heavy atom. The minimum atomic E-state index is -0.280. The fourth-order valence-corrected chi connectivity index (χ4v) is 3.19. The van der Waals surface area contributed by atoms with Gasteiger partial charge < -0.3 is 10.2 Å². The second-order valence-corrected chi connectivity index (χ2v) is 6.07. The number of nitrogens with one attached hydrogen (secondary N) is 2. The van der Waals surface area contributed by atoms with Crippen LogP contribution in [0.5, 0.6) is 0 Å². The molecule has 0 aliphatic carbocycles. The van der Waals surface area contributed by atoms with Crippen LogP contribution in [0, 0.1) is 5.82 Å². The van der Waals surface area contributed by atoms with Crippen molar-refractivity contribution in [2.24, 2.45) is 0 Å². The van der Waals surface area contributed by atoms with Crippen LogP contribution in [0.4, 0.5) is 10.1 Å². The van der Waals surface area contributed by atoms with Gasteiger partial charge in [0.15, 0.2) is 0 Å². The largest absolute Gasteiger partial charge is 0.372 e. The molecule has 1 aliphatic rings. The van der Waals surface area contributed by atoms with Gasteiger partial charge in [-0.15, -0.1) is 0 Å². The van der Waals surface area contributed by atoms with Gasteiger partial charge in [-0.05, 0) is 30.7 Å². The fourth-order valence-electron chi connectivity index (χ4n) is 3.19. The van der Waals surface area contributed by atoms with Crippen molar-refractivity contribution in [1.82, 2.24) is 15.5 Å². The Labute approximate surface area is 143 Å². The smallest absolute Gasteiger partial charge is 0.272 e. The SMILES string of the molecule is CC1=CNCN1c1cc(F)ccc1Cc1n[nH]c(=O)c2ccccc12. The van der Waals surface area contributed by atoms with Gasteiger partial charge in [0, 0.05) is 29.4 Å². The summed E-state index contributed by atoms with van der Waals surface area (Å²) < 4.78 is 13.8. The molecule has 0 fully saturated rings. The molecule has 4 rings (SSSR count). The van der Waals surface area contributed by atoms with Gasteiger partial charge in [0.1, 0.15) is 5.82 Å². The monoisotopic (exact) mass is 336 g/mol. The number of benzene rings is 2. The van der Waals surface area contributed by atoms with Crippen molar-refractivity contribution >= 4 is 16.5 Å². The molecule has 126 valence electrons. The van der Waals surface area contributed by atoms with E-state index in [4.69, 9.17) is 0 Å². The van der Waals surface area contributed by atoms with Crippen molar-refractivity contribution in [3.63, 3.8) is 0 Å². The van der Waals surface area contributed by atoms with Crippen LogP contribution in [0.25, 0.3) is 10.8 Å². The summed E-state index contributed by atoms with van der Waals surface area (Å²) in [4.78, 5) is 14.0. The Kier molecular flexibility index (Phi) is 3.72. The number of nitrogens with zero attached hydrogens (tertiary/aromatic N) is 2. The third kappa shape index (κ3) is 2.76. The van der Waals surface area contributed by atoms with Crippen LogP contribution < -0.4 is 15.8 Å². The van der Waals surface area contributed by atoms with Gasteiger partial charge in [0.2, 0.25) is 0 Å². The lowest BCUT2D eigenvalue weighted by atomic mass is 10.0. The van der Waals surface area contributed by atoms with Crippen LogP contribution in [0.2, 0.25) is 0 Å². The normalized spacial score (nSPS) is 13.8.